The van der Waals surface area contributed by atoms with Crippen molar-refractivity contribution >= 4 is 23.3 Å². The maximum Gasteiger partial charge on any atom is 0.255 e. The third-order valence-electron chi connectivity index (χ3n) is 5.95. The van der Waals surface area contributed by atoms with Crippen molar-refractivity contribution in [2.75, 3.05) is 38.1 Å². The third kappa shape index (κ3) is 3.70. The Balaban J connectivity index is 1.60. The number of carbonyl (C=O) groups is 2. The SMILES string of the molecule is Cc1nc2ccc(C(=O)N3CCNC(=O)C3)cn2c1N(C)CC1CCCCC1. The lowest BCUT2D eigenvalue weighted by atomic mass is 9.89. The van der Waals surface area contributed by atoms with Gasteiger partial charge in [-0.05, 0) is 37.8 Å². The van der Waals surface area contributed by atoms with Crippen molar-refractivity contribution in [3.05, 3.63) is 29.6 Å². The summed E-state index contributed by atoms with van der Waals surface area (Å²) in [5, 5.41) is 2.76. The van der Waals surface area contributed by atoms with E-state index < -0.39 is 0 Å². The Morgan fingerprint density at radius 3 is 2.82 bits per heavy atom. The van der Waals surface area contributed by atoms with Crippen molar-refractivity contribution in [2.24, 2.45) is 5.92 Å². The number of aromatic nitrogens is 2. The number of carbonyl (C=O) groups excluding carboxylic acids is 2. The molecule has 2 aliphatic rings. The zero-order chi connectivity index (χ0) is 19.7. The van der Waals surface area contributed by atoms with Crippen molar-refractivity contribution in [3.63, 3.8) is 0 Å². The topological polar surface area (TPSA) is 70.0 Å². The Morgan fingerprint density at radius 2 is 2.07 bits per heavy atom. The predicted molar refractivity (Wildman–Crippen MR) is 109 cm³/mol. The van der Waals surface area contributed by atoms with Crippen LogP contribution < -0.4 is 10.2 Å². The average Bonchev–Trinajstić information content (AvgIpc) is 3.03. The lowest BCUT2D eigenvalue weighted by molar-refractivity contribution is -0.123. The minimum Gasteiger partial charge on any atom is -0.359 e. The fraction of sp³-hybridized carbons (Fsp3) is 0.571. The van der Waals surface area contributed by atoms with Gasteiger partial charge in [-0.15, -0.1) is 0 Å². The summed E-state index contributed by atoms with van der Waals surface area (Å²) in [6.07, 6.45) is 8.47. The van der Waals surface area contributed by atoms with Crippen LogP contribution in [0.3, 0.4) is 0 Å². The zero-order valence-corrected chi connectivity index (χ0v) is 16.8. The molecule has 1 aliphatic heterocycles. The number of aryl methyl sites for hydroxylation is 1. The summed E-state index contributed by atoms with van der Waals surface area (Å²) >= 11 is 0. The molecule has 2 fully saturated rings. The van der Waals surface area contributed by atoms with Gasteiger partial charge in [0.15, 0.2) is 0 Å². The van der Waals surface area contributed by atoms with Gasteiger partial charge in [-0.2, -0.15) is 0 Å². The summed E-state index contributed by atoms with van der Waals surface area (Å²) in [6.45, 7) is 4.20. The summed E-state index contributed by atoms with van der Waals surface area (Å²) in [5.74, 6) is 1.56. The van der Waals surface area contributed by atoms with Crippen LogP contribution in [0.4, 0.5) is 5.82 Å². The van der Waals surface area contributed by atoms with Crippen LogP contribution in [0.25, 0.3) is 5.65 Å². The van der Waals surface area contributed by atoms with E-state index in [9.17, 15) is 9.59 Å². The van der Waals surface area contributed by atoms with E-state index in [0.29, 0.717) is 18.7 Å². The molecule has 2 aromatic heterocycles. The molecule has 0 spiro atoms. The largest absolute Gasteiger partial charge is 0.359 e. The van der Waals surface area contributed by atoms with Crippen LogP contribution in [0.15, 0.2) is 18.3 Å². The van der Waals surface area contributed by atoms with Gasteiger partial charge in [-0.1, -0.05) is 19.3 Å². The molecule has 0 unspecified atom stereocenters. The van der Waals surface area contributed by atoms with Gasteiger partial charge in [0.25, 0.3) is 5.91 Å². The molecular weight excluding hydrogens is 354 g/mol. The maximum atomic E-state index is 12.9. The Hall–Kier alpha value is -2.57. The number of fused-ring (bicyclic) bond motifs is 1. The van der Waals surface area contributed by atoms with Gasteiger partial charge < -0.3 is 15.1 Å². The van der Waals surface area contributed by atoms with Crippen LogP contribution in [0.1, 0.15) is 48.2 Å². The number of nitrogens with zero attached hydrogens (tertiary/aromatic N) is 4. The second-order valence-corrected chi connectivity index (χ2v) is 8.13. The smallest absolute Gasteiger partial charge is 0.255 e. The molecule has 150 valence electrons. The van der Waals surface area contributed by atoms with E-state index in [0.717, 1.165) is 29.6 Å². The van der Waals surface area contributed by atoms with Crippen LogP contribution in [0.5, 0.6) is 0 Å². The van der Waals surface area contributed by atoms with Crippen LogP contribution >= 0.6 is 0 Å². The Morgan fingerprint density at radius 1 is 1.29 bits per heavy atom. The monoisotopic (exact) mass is 383 g/mol. The molecule has 7 heteroatoms. The highest BCUT2D eigenvalue weighted by Gasteiger charge is 2.24. The first kappa shape index (κ1) is 18.8. The van der Waals surface area contributed by atoms with E-state index in [1.54, 1.807) is 4.90 Å². The molecule has 0 radical (unpaired) electrons. The molecule has 2 aromatic rings. The number of nitrogens with one attached hydrogen (secondary N) is 1. The van der Waals surface area contributed by atoms with Crippen molar-refractivity contribution < 1.29 is 9.59 Å². The predicted octanol–water partition coefficient (Wildman–Crippen LogP) is 2.23. The van der Waals surface area contributed by atoms with Crippen LogP contribution in [-0.4, -0.2) is 59.3 Å². The van der Waals surface area contributed by atoms with Gasteiger partial charge in [-0.3, -0.25) is 14.0 Å². The maximum absolute atomic E-state index is 12.9. The van der Waals surface area contributed by atoms with Crippen molar-refractivity contribution in [2.45, 2.75) is 39.0 Å². The molecule has 2 amide bonds. The lowest BCUT2D eigenvalue weighted by Gasteiger charge is -2.28. The van der Waals surface area contributed by atoms with Gasteiger partial charge in [0, 0.05) is 32.9 Å². The van der Waals surface area contributed by atoms with E-state index >= 15 is 0 Å². The molecule has 0 atom stereocenters. The van der Waals surface area contributed by atoms with Crippen LogP contribution in [0.2, 0.25) is 0 Å². The summed E-state index contributed by atoms with van der Waals surface area (Å²) in [5.41, 5.74) is 2.41. The molecule has 28 heavy (non-hydrogen) atoms. The number of piperazine rings is 1. The van der Waals surface area contributed by atoms with E-state index in [1.807, 2.05) is 29.7 Å². The molecule has 4 rings (SSSR count). The molecule has 7 nitrogen and oxygen atoms in total. The van der Waals surface area contributed by atoms with E-state index in [4.69, 9.17) is 0 Å². The number of anilines is 1. The van der Waals surface area contributed by atoms with E-state index in [2.05, 4.69) is 22.2 Å². The first-order valence-electron chi connectivity index (χ1n) is 10.3. The minimum absolute atomic E-state index is 0.105. The lowest BCUT2D eigenvalue weighted by Crippen LogP contribution is -2.50. The summed E-state index contributed by atoms with van der Waals surface area (Å²) in [6, 6.07) is 3.70. The summed E-state index contributed by atoms with van der Waals surface area (Å²) in [4.78, 5) is 33.1. The fourth-order valence-corrected chi connectivity index (χ4v) is 4.57. The molecule has 1 aliphatic carbocycles. The highest BCUT2D eigenvalue weighted by molar-refractivity contribution is 5.97. The second-order valence-electron chi connectivity index (χ2n) is 8.13. The van der Waals surface area contributed by atoms with Gasteiger partial charge in [0.1, 0.15) is 11.5 Å². The van der Waals surface area contributed by atoms with Gasteiger partial charge >= 0.3 is 0 Å². The highest BCUT2D eigenvalue weighted by Crippen LogP contribution is 2.28. The quantitative estimate of drug-likeness (QED) is 0.879. The number of hydrogen-bond acceptors (Lipinski definition) is 4. The first-order chi connectivity index (χ1) is 13.5. The van der Waals surface area contributed by atoms with Crippen molar-refractivity contribution in [3.8, 4) is 0 Å². The molecule has 1 saturated heterocycles. The molecule has 1 saturated carbocycles. The minimum atomic E-state index is -0.107. The van der Waals surface area contributed by atoms with E-state index in [1.165, 1.54) is 32.1 Å². The van der Waals surface area contributed by atoms with Crippen LogP contribution in [0, 0.1) is 12.8 Å². The average molecular weight is 383 g/mol. The van der Waals surface area contributed by atoms with Crippen molar-refractivity contribution in [1.29, 1.82) is 0 Å². The number of hydrogen-bond donors (Lipinski definition) is 1. The van der Waals surface area contributed by atoms with E-state index in [-0.39, 0.29) is 18.4 Å². The molecule has 0 aromatic carbocycles. The van der Waals surface area contributed by atoms with Gasteiger partial charge in [0.05, 0.1) is 17.8 Å². The Kier molecular flexibility index (Phi) is 5.24. The number of amides is 2. The normalized spacial score (nSPS) is 18.4. The molecule has 3 heterocycles. The fourth-order valence-electron chi connectivity index (χ4n) is 4.57. The van der Waals surface area contributed by atoms with Gasteiger partial charge in [0.2, 0.25) is 5.91 Å². The third-order valence-corrected chi connectivity index (χ3v) is 5.95. The summed E-state index contributed by atoms with van der Waals surface area (Å²) in [7, 11) is 2.12. The molecular formula is C21H29N5O2. The highest BCUT2D eigenvalue weighted by atomic mass is 16.2. The number of imidazole rings is 1. The standard InChI is InChI=1S/C21H29N5O2/c1-15-20(24(2)12-16-6-4-3-5-7-16)26-13-17(8-9-18(26)23-15)21(28)25-11-10-22-19(27)14-25/h8-9,13,16H,3-7,10-12,14H2,1-2H3,(H,22,27). The molecule has 1 N–H and O–H groups in total. The second kappa shape index (κ2) is 7.81. The zero-order valence-electron chi connectivity index (χ0n) is 16.8. The first-order valence-corrected chi connectivity index (χ1v) is 10.3. The molecule has 0 bridgehead atoms. The summed E-state index contributed by atoms with van der Waals surface area (Å²) < 4.78 is 2.02. The Bertz CT molecular complexity index is 884. The number of pyridine rings is 1. The Labute approximate surface area is 165 Å². The van der Waals surface area contributed by atoms with Gasteiger partial charge in [-0.25, -0.2) is 4.98 Å². The van der Waals surface area contributed by atoms with Crippen molar-refractivity contribution in [1.82, 2.24) is 19.6 Å². The number of rotatable bonds is 4. The van der Waals surface area contributed by atoms with Crippen LogP contribution in [-0.2, 0) is 4.79 Å².